The minimum Gasteiger partial charge on any atom is -0.481 e. The van der Waals surface area contributed by atoms with Crippen molar-refractivity contribution in [2.24, 2.45) is 11.1 Å². The molecule has 3 N–H and O–H groups in total. The molecule has 0 aromatic carbocycles. The van der Waals surface area contributed by atoms with E-state index in [0.717, 1.165) is 5.57 Å². The van der Waals surface area contributed by atoms with Crippen molar-refractivity contribution in [2.75, 3.05) is 0 Å². The molecular formula is C10H13NO3. The van der Waals surface area contributed by atoms with Crippen LogP contribution in [0.25, 0.3) is 0 Å². The summed E-state index contributed by atoms with van der Waals surface area (Å²) in [6.45, 7) is 3.33. The highest BCUT2D eigenvalue weighted by Gasteiger charge is 2.35. The molecule has 1 aliphatic rings. The Hall–Kier alpha value is -1.58. The second-order valence-corrected chi connectivity index (χ2v) is 3.82. The molecule has 4 heteroatoms. The Labute approximate surface area is 82.1 Å². The molecule has 1 atom stereocenters. The number of aliphatic carboxylic acids is 1. The largest absolute Gasteiger partial charge is 0.481 e. The minimum atomic E-state index is -1.01. The maximum atomic E-state index is 11.0. The predicted molar refractivity (Wildman–Crippen MR) is 51.4 cm³/mol. The second kappa shape index (κ2) is 3.29. The van der Waals surface area contributed by atoms with Crippen molar-refractivity contribution in [1.29, 1.82) is 0 Å². The van der Waals surface area contributed by atoms with Crippen LogP contribution in [0.1, 0.15) is 20.3 Å². The number of amides is 1. The third-order valence-corrected chi connectivity index (χ3v) is 2.31. The first kappa shape index (κ1) is 10.5. The summed E-state index contributed by atoms with van der Waals surface area (Å²) >= 11 is 0. The van der Waals surface area contributed by atoms with Crippen LogP contribution in [0, 0.1) is 5.41 Å². The van der Waals surface area contributed by atoms with Crippen molar-refractivity contribution in [1.82, 2.24) is 0 Å². The van der Waals surface area contributed by atoms with Gasteiger partial charge in [0.2, 0.25) is 5.91 Å². The summed E-state index contributed by atoms with van der Waals surface area (Å²) in [7, 11) is 0. The summed E-state index contributed by atoms with van der Waals surface area (Å²) in [5.41, 5.74) is 5.24. The maximum Gasteiger partial charge on any atom is 0.313 e. The number of hydrogen-bond acceptors (Lipinski definition) is 2. The lowest BCUT2D eigenvalue weighted by molar-refractivity contribution is -0.145. The molecule has 1 aliphatic carbocycles. The Morgan fingerprint density at radius 2 is 2.14 bits per heavy atom. The molecule has 0 aliphatic heterocycles. The van der Waals surface area contributed by atoms with Crippen LogP contribution in [-0.2, 0) is 9.59 Å². The fraction of sp³-hybridized carbons (Fsp3) is 0.400. The average Bonchev–Trinajstić information content (AvgIpc) is 2.02. The van der Waals surface area contributed by atoms with E-state index in [1.165, 1.54) is 0 Å². The number of carboxylic acids is 1. The fourth-order valence-corrected chi connectivity index (χ4v) is 1.61. The molecule has 0 heterocycles. The quantitative estimate of drug-likeness (QED) is 0.685. The Bertz CT molecular complexity index is 354. The predicted octanol–water partition coefficient (Wildman–Crippen LogP) is 0.839. The van der Waals surface area contributed by atoms with Gasteiger partial charge in [-0.1, -0.05) is 17.7 Å². The Morgan fingerprint density at radius 1 is 1.57 bits per heavy atom. The van der Waals surface area contributed by atoms with Gasteiger partial charge in [0.25, 0.3) is 0 Å². The molecule has 1 amide bonds. The molecule has 1 unspecified atom stereocenters. The van der Waals surface area contributed by atoms with Crippen LogP contribution in [-0.4, -0.2) is 17.0 Å². The third-order valence-electron chi connectivity index (χ3n) is 2.31. The second-order valence-electron chi connectivity index (χ2n) is 3.82. The van der Waals surface area contributed by atoms with Crippen LogP contribution in [0.5, 0.6) is 0 Å². The van der Waals surface area contributed by atoms with E-state index in [1.807, 2.05) is 0 Å². The summed E-state index contributed by atoms with van der Waals surface area (Å²) in [6.07, 6.45) is 3.43. The normalized spacial score (nSPS) is 26.4. The van der Waals surface area contributed by atoms with E-state index >= 15 is 0 Å². The fourth-order valence-electron chi connectivity index (χ4n) is 1.61. The summed E-state index contributed by atoms with van der Waals surface area (Å²) in [5, 5.41) is 8.99. The first-order chi connectivity index (χ1) is 6.35. The molecule has 14 heavy (non-hydrogen) atoms. The van der Waals surface area contributed by atoms with Gasteiger partial charge in [-0.2, -0.15) is 0 Å². The zero-order valence-electron chi connectivity index (χ0n) is 8.20. The van der Waals surface area contributed by atoms with Crippen molar-refractivity contribution >= 4 is 11.9 Å². The summed E-state index contributed by atoms with van der Waals surface area (Å²) < 4.78 is 0. The number of allylic oxidation sites excluding steroid dienone is 2. The number of primary amides is 1. The van der Waals surface area contributed by atoms with Crippen LogP contribution in [0.15, 0.2) is 23.3 Å². The van der Waals surface area contributed by atoms with E-state index in [2.05, 4.69) is 0 Å². The highest BCUT2D eigenvalue weighted by molar-refractivity contribution is 5.94. The Kier molecular flexibility index (Phi) is 2.47. The summed E-state index contributed by atoms with van der Waals surface area (Å²) in [6, 6.07) is 0. The molecule has 76 valence electrons. The van der Waals surface area contributed by atoms with Crippen LogP contribution in [0.4, 0.5) is 0 Å². The van der Waals surface area contributed by atoms with Crippen LogP contribution < -0.4 is 5.73 Å². The zero-order valence-corrected chi connectivity index (χ0v) is 8.20. The molecule has 0 radical (unpaired) electrons. The minimum absolute atomic E-state index is 0.162. The van der Waals surface area contributed by atoms with Gasteiger partial charge in [0.1, 0.15) is 0 Å². The Balaban J connectivity index is 3.08. The molecule has 0 bridgehead atoms. The average molecular weight is 195 g/mol. The highest BCUT2D eigenvalue weighted by Crippen LogP contribution is 2.33. The number of rotatable bonds is 2. The lowest BCUT2D eigenvalue weighted by Crippen LogP contribution is -2.31. The molecule has 0 fully saturated rings. The molecule has 0 saturated carbocycles. The zero-order chi connectivity index (χ0) is 10.9. The van der Waals surface area contributed by atoms with Gasteiger partial charge in [-0.3, -0.25) is 9.59 Å². The number of carbonyl (C=O) groups excluding carboxylic acids is 1. The molecule has 4 nitrogen and oxygen atoms in total. The van der Waals surface area contributed by atoms with Crippen molar-refractivity contribution < 1.29 is 14.7 Å². The highest BCUT2D eigenvalue weighted by atomic mass is 16.4. The van der Waals surface area contributed by atoms with E-state index in [-0.39, 0.29) is 6.42 Å². The van der Waals surface area contributed by atoms with E-state index in [0.29, 0.717) is 5.57 Å². The lowest BCUT2D eigenvalue weighted by atomic mass is 9.78. The Morgan fingerprint density at radius 3 is 2.57 bits per heavy atom. The summed E-state index contributed by atoms with van der Waals surface area (Å²) in [5.74, 6) is -1.49. The van der Waals surface area contributed by atoms with Crippen molar-refractivity contribution in [3.63, 3.8) is 0 Å². The van der Waals surface area contributed by atoms with Gasteiger partial charge in [0.15, 0.2) is 0 Å². The van der Waals surface area contributed by atoms with Gasteiger partial charge in [-0.15, -0.1) is 0 Å². The van der Waals surface area contributed by atoms with Crippen molar-refractivity contribution in [3.8, 4) is 0 Å². The van der Waals surface area contributed by atoms with Gasteiger partial charge >= 0.3 is 5.97 Å². The first-order valence-electron chi connectivity index (χ1n) is 4.28. The van der Waals surface area contributed by atoms with Crippen molar-refractivity contribution in [2.45, 2.75) is 20.3 Å². The van der Waals surface area contributed by atoms with E-state index in [9.17, 15) is 9.59 Å². The maximum absolute atomic E-state index is 11.0. The molecule has 0 saturated heterocycles. The molecule has 0 spiro atoms. The molecule has 0 aromatic heterocycles. The van der Waals surface area contributed by atoms with Crippen molar-refractivity contribution in [3.05, 3.63) is 23.3 Å². The molecule has 0 aromatic rings. The van der Waals surface area contributed by atoms with E-state index < -0.39 is 17.3 Å². The number of hydrogen-bond donors (Lipinski definition) is 2. The monoisotopic (exact) mass is 195 g/mol. The van der Waals surface area contributed by atoms with Crippen LogP contribution in [0.2, 0.25) is 0 Å². The SMILES string of the molecule is CC1=CC(C)(C(=O)O)CC(C(N)=O)=C1. The summed E-state index contributed by atoms with van der Waals surface area (Å²) in [4.78, 5) is 21.9. The van der Waals surface area contributed by atoms with Gasteiger partial charge in [-0.25, -0.2) is 0 Å². The van der Waals surface area contributed by atoms with E-state index in [1.54, 1.807) is 26.0 Å². The van der Waals surface area contributed by atoms with Gasteiger partial charge in [0, 0.05) is 5.57 Å². The standard InChI is InChI=1S/C10H13NO3/c1-6-3-7(8(11)12)5-10(2,4-6)9(13)14/h3-4H,5H2,1-2H3,(H2,11,12)(H,13,14). The van der Waals surface area contributed by atoms with Crippen LogP contribution >= 0.6 is 0 Å². The molecule has 1 rings (SSSR count). The van der Waals surface area contributed by atoms with Gasteiger partial charge in [-0.05, 0) is 20.3 Å². The van der Waals surface area contributed by atoms with Gasteiger partial charge in [0.05, 0.1) is 5.41 Å². The smallest absolute Gasteiger partial charge is 0.313 e. The first-order valence-corrected chi connectivity index (χ1v) is 4.28. The number of carboxylic acid groups (broad SMARTS) is 1. The topological polar surface area (TPSA) is 80.4 Å². The van der Waals surface area contributed by atoms with Crippen LogP contribution in [0.3, 0.4) is 0 Å². The van der Waals surface area contributed by atoms with E-state index in [4.69, 9.17) is 10.8 Å². The third kappa shape index (κ3) is 1.84. The van der Waals surface area contributed by atoms with Gasteiger partial charge < -0.3 is 10.8 Å². The lowest BCUT2D eigenvalue weighted by Gasteiger charge is -2.25. The number of nitrogens with two attached hydrogens (primary N) is 1. The number of carbonyl (C=O) groups is 2. The molecular weight excluding hydrogens is 182 g/mol.